The highest BCUT2D eigenvalue weighted by Gasteiger charge is 2.26. The number of hydrogen-bond acceptors (Lipinski definition) is 4. The Morgan fingerprint density at radius 2 is 1.91 bits per heavy atom. The van der Waals surface area contributed by atoms with Crippen LogP contribution >= 0.6 is 0 Å². The summed E-state index contributed by atoms with van der Waals surface area (Å²) in [6, 6.07) is -0.254. The van der Waals surface area contributed by atoms with Crippen molar-refractivity contribution in [2.45, 2.75) is 58.9 Å². The van der Waals surface area contributed by atoms with Crippen LogP contribution in [0.25, 0.3) is 0 Å². The summed E-state index contributed by atoms with van der Waals surface area (Å²) in [7, 11) is 1.34. The van der Waals surface area contributed by atoms with Gasteiger partial charge < -0.3 is 15.0 Å². The molecule has 1 heterocycles. The second-order valence-corrected chi connectivity index (χ2v) is 6.61. The Morgan fingerprint density at radius 1 is 1.26 bits per heavy atom. The zero-order valence-electron chi connectivity index (χ0n) is 14.6. The van der Waals surface area contributed by atoms with Gasteiger partial charge in [-0.1, -0.05) is 19.3 Å². The molecule has 23 heavy (non-hydrogen) atoms. The van der Waals surface area contributed by atoms with Crippen molar-refractivity contribution in [1.82, 2.24) is 10.3 Å². The standard InChI is InChI=1S/C18H28N2O3/c1-11-15(12(2)20-16(11)18(22)23-4)17(21)13(3)19-10-14-8-6-5-7-9-14/h13-14,19-20H,5-10H2,1-4H3. The largest absolute Gasteiger partial charge is 0.464 e. The van der Waals surface area contributed by atoms with Gasteiger partial charge in [0.1, 0.15) is 5.69 Å². The molecule has 0 saturated heterocycles. The molecule has 1 aromatic heterocycles. The Hall–Kier alpha value is -1.62. The van der Waals surface area contributed by atoms with Gasteiger partial charge in [0, 0.05) is 11.3 Å². The van der Waals surface area contributed by atoms with E-state index in [4.69, 9.17) is 4.74 Å². The second kappa shape index (κ2) is 7.77. The van der Waals surface area contributed by atoms with Crippen LogP contribution in [0, 0.1) is 19.8 Å². The van der Waals surface area contributed by atoms with Crippen molar-refractivity contribution in [3.63, 3.8) is 0 Å². The number of ketones is 1. The summed E-state index contributed by atoms with van der Waals surface area (Å²) >= 11 is 0. The van der Waals surface area contributed by atoms with E-state index in [9.17, 15) is 9.59 Å². The molecule has 128 valence electrons. The molecule has 1 saturated carbocycles. The minimum Gasteiger partial charge on any atom is -0.464 e. The van der Waals surface area contributed by atoms with E-state index in [0.29, 0.717) is 22.7 Å². The number of H-pyrrole nitrogens is 1. The first kappa shape index (κ1) is 17.7. The molecule has 0 radical (unpaired) electrons. The molecule has 1 aromatic rings. The molecule has 2 rings (SSSR count). The van der Waals surface area contributed by atoms with Gasteiger partial charge in [-0.15, -0.1) is 0 Å². The van der Waals surface area contributed by atoms with Gasteiger partial charge in [0.05, 0.1) is 13.2 Å². The van der Waals surface area contributed by atoms with E-state index in [1.807, 2.05) is 13.8 Å². The van der Waals surface area contributed by atoms with Crippen molar-refractivity contribution in [1.29, 1.82) is 0 Å². The van der Waals surface area contributed by atoms with Crippen LogP contribution in [0.5, 0.6) is 0 Å². The monoisotopic (exact) mass is 320 g/mol. The summed E-state index contributed by atoms with van der Waals surface area (Å²) in [5, 5.41) is 3.38. The molecule has 1 aliphatic rings. The Labute approximate surface area is 138 Å². The number of methoxy groups -OCH3 is 1. The van der Waals surface area contributed by atoms with Gasteiger partial charge in [0.15, 0.2) is 5.78 Å². The topological polar surface area (TPSA) is 71.2 Å². The molecule has 0 amide bonds. The molecule has 1 unspecified atom stereocenters. The summed E-state index contributed by atoms with van der Waals surface area (Å²) < 4.78 is 4.76. The molecule has 2 N–H and O–H groups in total. The zero-order valence-corrected chi connectivity index (χ0v) is 14.6. The predicted octanol–water partition coefficient (Wildman–Crippen LogP) is 3.16. The SMILES string of the molecule is COC(=O)c1[nH]c(C)c(C(=O)C(C)NCC2CCCCC2)c1C. The summed E-state index contributed by atoms with van der Waals surface area (Å²) in [5.41, 5.74) is 2.37. The smallest absolute Gasteiger partial charge is 0.354 e. The number of carbonyl (C=O) groups excluding carboxylic acids is 2. The Balaban J connectivity index is 2.04. The number of carbonyl (C=O) groups is 2. The van der Waals surface area contributed by atoms with Gasteiger partial charge >= 0.3 is 5.97 Å². The second-order valence-electron chi connectivity index (χ2n) is 6.61. The van der Waals surface area contributed by atoms with E-state index in [1.165, 1.54) is 39.2 Å². The van der Waals surface area contributed by atoms with E-state index < -0.39 is 5.97 Å². The number of aromatic nitrogens is 1. The van der Waals surface area contributed by atoms with Crippen LogP contribution < -0.4 is 5.32 Å². The van der Waals surface area contributed by atoms with Crippen LogP contribution in [0.15, 0.2) is 0 Å². The van der Waals surface area contributed by atoms with Crippen molar-refractivity contribution in [3.8, 4) is 0 Å². The summed E-state index contributed by atoms with van der Waals surface area (Å²) in [6.07, 6.45) is 6.44. The van der Waals surface area contributed by atoms with Crippen LogP contribution in [0.3, 0.4) is 0 Å². The van der Waals surface area contributed by atoms with Crippen molar-refractivity contribution < 1.29 is 14.3 Å². The fraction of sp³-hybridized carbons (Fsp3) is 0.667. The summed E-state index contributed by atoms with van der Waals surface area (Å²) in [6.45, 7) is 6.39. The molecule has 5 nitrogen and oxygen atoms in total. The van der Waals surface area contributed by atoms with Crippen LogP contribution in [-0.2, 0) is 4.74 Å². The number of hydrogen-bond donors (Lipinski definition) is 2. The fourth-order valence-corrected chi connectivity index (χ4v) is 3.47. The Morgan fingerprint density at radius 3 is 2.52 bits per heavy atom. The number of ether oxygens (including phenoxy) is 1. The van der Waals surface area contributed by atoms with Crippen LogP contribution in [-0.4, -0.2) is 36.4 Å². The maximum absolute atomic E-state index is 12.7. The zero-order chi connectivity index (χ0) is 17.0. The molecule has 0 bridgehead atoms. The average molecular weight is 320 g/mol. The highest BCUT2D eigenvalue weighted by molar-refractivity contribution is 6.05. The first-order valence-corrected chi connectivity index (χ1v) is 8.50. The van der Waals surface area contributed by atoms with E-state index in [0.717, 1.165) is 12.2 Å². The normalized spacial score (nSPS) is 17.0. The first-order valence-electron chi connectivity index (χ1n) is 8.50. The minimum absolute atomic E-state index is 0.0298. The predicted molar refractivity (Wildman–Crippen MR) is 90.0 cm³/mol. The third kappa shape index (κ3) is 4.02. The molecule has 5 heteroatoms. The third-order valence-corrected chi connectivity index (χ3v) is 4.90. The van der Waals surface area contributed by atoms with Gasteiger partial charge in [-0.3, -0.25) is 4.79 Å². The van der Waals surface area contributed by atoms with E-state index in [1.54, 1.807) is 6.92 Å². The van der Waals surface area contributed by atoms with Crippen LogP contribution in [0.1, 0.15) is 71.1 Å². The van der Waals surface area contributed by atoms with Gasteiger partial charge in [-0.05, 0) is 51.6 Å². The maximum Gasteiger partial charge on any atom is 0.354 e. The molecule has 0 aliphatic heterocycles. The molecule has 1 aliphatic carbocycles. The highest BCUT2D eigenvalue weighted by Crippen LogP contribution is 2.24. The first-order chi connectivity index (χ1) is 11.0. The Kier molecular flexibility index (Phi) is 5.99. The highest BCUT2D eigenvalue weighted by atomic mass is 16.5. The van der Waals surface area contributed by atoms with Crippen LogP contribution in [0.4, 0.5) is 0 Å². The maximum atomic E-state index is 12.7. The van der Waals surface area contributed by atoms with E-state index in [2.05, 4.69) is 10.3 Å². The van der Waals surface area contributed by atoms with Gasteiger partial charge in [-0.25, -0.2) is 4.79 Å². The van der Waals surface area contributed by atoms with Crippen LogP contribution in [0.2, 0.25) is 0 Å². The Bertz CT molecular complexity index is 571. The lowest BCUT2D eigenvalue weighted by atomic mass is 9.89. The lowest BCUT2D eigenvalue weighted by Crippen LogP contribution is -2.38. The molecule has 1 atom stereocenters. The average Bonchev–Trinajstić information content (AvgIpc) is 2.86. The molecular formula is C18H28N2O3. The lowest BCUT2D eigenvalue weighted by Gasteiger charge is -2.23. The van der Waals surface area contributed by atoms with Crippen molar-refractivity contribution >= 4 is 11.8 Å². The van der Waals surface area contributed by atoms with E-state index >= 15 is 0 Å². The molecule has 0 aromatic carbocycles. The number of rotatable bonds is 6. The lowest BCUT2D eigenvalue weighted by molar-refractivity contribution is 0.0594. The van der Waals surface area contributed by atoms with Crippen molar-refractivity contribution in [3.05, 3.63) is 22.5 Å². The fourth-order valence-electron chi connectivity index (χ4n) is 3.47. The quantitative estimate of drug-likeness (QED) is 0.624. The summed E-state index contributed by atoms with van der Waals surface area (Å²) in [4.78, 5) is 27.5. The third-order valence-electron chi connectivity index (χ3n) is 4.90. The van der Waals surface area contributed by atoms with Gasteiger partial charge in [0.25, 0.3) is 0 Å². The molecule has 0 spiro atoms. The number of aryl methyl sites for hydroxylation is 1. The minimum atomic E-state index is -0.438. The van der Waals surface area contributed by atoms with Gasteiger partial charge in [-0.2, -0.15) is 0 Å². The van der Waals surface area contributed by atoms with Gasteiger partial charge in [0.2, 0.25) is 0 Å². The van der Waals surface area contributed by atoms with E-state index in [-0.39, 0.29) is 11.8 Å². The number of aromatic amines is 1. The molecular weight excluding hydrogens is 292 g/mol. The number of esters is 1. The molecule has 1 fully saturated rings. The van der Waals surface area contributed by atoms with Crippen molar-refractivity contribution in [2.24, 2.45) is 5.92 Å². The number of nitrogens with one attached hydrogen (secondary N) is 2. The summed E-state index contributed by atoms with van der Waals surface area (Å²) in [5.74, 6) is 0.271. The number of Topliss-reactive ketones (excluding diaryl/α,β-unsaturated/α-hetero) is 1. The van der Waals surface area contributed by atoms with Crippen molar-refractivity contribution in [2.75, 3.05) is 13.7 Å².